The lowest BCUT2D eigenvalue weighted by molar-refractivity contribution is 0.0710. The highest BCUT2D eigenvalue weighted by molar-refractivity contribution is 5.02. The molecule has 102 valence electrons. The fourth-order valence-electron chi connectivity index (χ4n) is 2.82. The van der Waals surface area contributed by atoms with E-state index < -0.39 is 0 Å². The van der Waals surface area contributed by atoms with Gasteiger partial charge in [0.15, 0.2) is 0 Å². The minimum Gasteiger partial charge on any atom is -0.364 e. The highest BCUT2D eigenvalue weighted by Crippen LogP contribution is 2.33. The zero-order chi connectivity index (χ0) is 13.3. The van der Waals surface area contributed by atoms with Crippen molar-refractivity contribution in [2.45, 2.75) is 39.8 Å². The summed E-state index contributed by atoms with van der Waals surface area (Å²) in [6, 6.07) is 0.828. The van der Waals surface area contributed by atoms with Gasteiger partial charge in [0.05, 0.1) is 19.4 Å². The number of rotatable bonds is 4. The van der Waals surface area contributed by atoms with Gasteiger partial charge < -0.3 is 9.30 Å². The first-order valence-electron chi connectivity index (χ1n) is 6.83. The van der Waals surface area contributed by atoms with Crippen molar-refractivity contribution in [3.05, 3.63) is 18.2 Å². The van der Waals surface area contributed by atoms with E-state index in [-0.39, 0.29) is 0 Å². The second-order valence-electron chi connectivity index (χ2n) is 5.91. The van der Waals surface area contributed by atoms with E-state index in [0.29, 0.717) is 23.9 Å². The molecule has 0 spiro atoms. The fraction of sp³-hybridized carbons (Fsp3) is 0.786. The van der Waals surface area contributed by atoms with E-state index in [0.717, 1.165) is 19.2 Å². The van der Waals surface area contributed by atoms with Gasteiger partial charge in [-0.1, -0.05) is 27.7 Å². The van der Waals surface area contributed by atoms with Crippen LogP contribution in [-0.4, -0.2) is 33.8 Å². The molecule has 0 N–H and O–H groups in total. The molecular weight excluding hydrogens is 226 g/mol. The molecule has 4 heteroatoms. The molecular formula is C14H25N3O. The van der Waals surface area contributed by atoms with Crippen LogP contribution in [0.15, 0.2) is 12.4 Å². The van der Waals surface area contributed by atoms with Gasteiger partial charge in [-0.3, -0.25) is 4.90 Å². The molecule has 2 rings (SSSR count). The third-order valence-electron chi connectivity index (χ3n) is 3.84. The van der Waals surface area contributed by atoms with E-state index in [1.165, 1.54) is 0 Å². The molecule has 1 saturated heterocycles. The Morgan fingerprint density at radius 3 is 2.56 bits per heavy atom. The summed E-state index contributed by atoms with van der Waals surface area (Å²) in [5, 5.41) is 0. The van der Waals surface area contributed by atoms with Crippen LogP contribution in [0.25, 0.3) is 0 Å². The number of hydrogen-bond donors (Lipinski definition) is 0. The van der Waals surface area contributed by atoms with Crippen molar-refractivity contribution in [2.75, 3.05) is 13.3 Å². The Labute approximate surface area is 110 Å². The van der Waals surface area contributed by atoms with Crippen molar-refractivity contribution in [1.29, 1.82) is 0 Å². The molecule has 1 aliphatic rings. The lowest BCUT2D eigenvalue weighted by Gasteiger charge is -2.35. The van der Waals surface area contributed by atoms with Crippen LogP contribution in [0, 0.1) is 11.8 Å². The molecule has 1 aromatic heterocycles. The summed E-state index contributed by atoms with van der Waals surface area (Å²) in [5.74, 6) is 2.27. The third-order valence-corrected chi connectivity index (χ3v) is 3.84. The average Bonchev–Trinajstić information content (AvgIpc) is 2.89. The topological polar surface area (TPSA) is 30.3 Å². The molecule has 2 atom stereocenters. The first-order chi connectivity index (χ1) is 8.52. The monoisotopic (exact) mass is 251 g/mol. The van der Waals surface area contributed by atoms with Crippen LogP contribution < -0.4 is 0 Å². The van der Waals surface area contributed by atoms with Crippen molar-refractivity contribution < 1.29 is 4.74 Å². The smallest absolute Gasteiger partial charge is 0.126 e. The predicted octanol–water partition coefficient (Wildman–Crippen LogP) is 2.43. The molecule has 2 heterocycles. The molecule has 0 bridgehead atoms. The van der Waals surface area contributed by atoms with Crippen LogP contribution in [0.2, 0.25) is 0 Å². The lowest BCUT2D eigenvalue weighted by Crippen LogP contribution is -2.41. The Balaban J connectivity index is 2.28. The summed E-state index contributed by atoms with van der Waals surface area (Å²) in [6.45, 7) is 10.6. The van der Waals surface area contributed by atoms with Gasteiger partial charge >= 0.3 is 0 Å². The maximum absolute atomic E-state index is 5.69. The average molecular weight is 251 g/mol. The van der Waals surface area contributed by atoms with Gasteiger partial charge in [-0.15, -0.1) is 0 Å². The van der Waals surface area contributed by atoms with Crippen LogP contribution in [-0.2, 0) is 11.8 Å². The van der Waals surface area contributed by atoms with Crippen molar-refractivity contribution in [3.63, 3.8) is 0 Å². The van der Waals surface area contributed by atoms with Crippen molar-refractivity contribution in [2.24, 2.45) is 18.9 Å². The Kier molecular flexibility index (Phi) is 4.07. The quantitative estimate of drug-likeness (QED) is 0.823. The number of nitrogens with zero attached hydrogens (tertiary/aromatic N) is 3. The highest BCUT2D eigenvalue weighted by atomic mass is 16.5. The van der Waals surface area contributed by atoms with E-state index in [1.54, 1.807) is 0 Å². The maximum atomic E-state index is 5.69. The summed E-state index contributed by atoms with van der Waals surface area (Å²) < 4.78 is 7.81. The van der Waals surface area contributed by atoms with Crippen LogP contribution in [0.4, 0.5) is 0 Å². The first-order valence-corrected chi connectivity index (χ1v) is 6.83. The summed E-state index contributed by atoms with van der Waals surface area (Å²) in [6.07, 6.45) is 3.90. The molecule has 18 heavy (non-hydrogen) atoms. The number of aryl methyl sites for hydroxylation is 1. The van der Waals surface area contributed by atoms with Crippen LogP contribution in [0.1, 0.15) is 39.6 Å². The summed E-state index contributed by atoms with van der Waals surface area (Å²) >= 11 is 0. The molecule has 0 saturated carbocycles. The van der Waals surface area contributed by atoms with Crippen LogP contribution in [0.3, 0.4) is 0 Å². The summed E-state index contributed by atoms with van der Waals surface area (Å²) in [4.78, 5) is 7.01. The van der Waals surface area contributed by atoms with Gasteiger partial charge in [-0.05, 0) is 11.8 Å². The molecule has 0 unspecified atom stereocenters. The van der Waals surface area contributed by atoms with Gasteiger partial charge in [0, 0.05) is 25.5 Å². The van der Waals surface area contributed by atoms with E-state index in [9.17, 15) is 0 Å². The predicted molar refractivity (Wildman–Crippen MR) is 72.1 cm³/mol. The molecule has 1 fully saturated rings. The van der Waals surface area contributed by atoms with E-state index >= 15 is 0 Å². The normalized spacial score (nSPS) is 23.2. The van der Waals surface area contributed by atoms with Gasteiger partial charge in [0.1, 0.15) is 5.82 Å². The van der Waals surface area contributed by atoms with Gasteiger partial charge in [0.2, 0.25) is 0 Å². The summed E-state index contributed by atoms with van der Waals surface area (Å²) in [5.41, 5.74) is 0. The summed E-state index contributed by atoms with van der Waals surface area (Å²) in [7, 11) is 2.07. The van der Waals surface area contributed by atoms with E-state index in [2.05, 4.69) is 49.2 Å². The van der Waals surface area contributed by atoms with Crippen molar-refractivity contribution in [1.82, 2.24) is 14.5 Å². The largest absolute Gasteiger partial charge is 0.364 e. The van der Waals surface area contributed by atoms with Gasteiger partial charge in [-0.2, -0.15) is 0 Å². The van der Waals surface area contributed by atoms with Crippen LogP contribution in [0.5, 0.6) is 0 Å². The third kappa shape index (κ3) is 2.45. The number of aromatic nitrogens is 2. The Morgan fingerprint density at radius 2 is 2.06 bits per heavy atom. The molecule has 0 amide bonds. The molecule has 0 aromatic carbocycles. The zero-order valence-corrected chi connectivity index (χ0v) is 12.1. The maximum Gasteiger partial charge on any atom is 0.126 e. The lowest BCUT2D eigenvalue weighted by atomic mass is 9.96. The van der Waals surface area contributed by atoms with Crippen molar-refractivity contribution >= 4 is 0 Å². The van der Waals surface area contributed by atoms with Crippen molar-refractivity contribution in [3.8, 4) is 0 Å². The second-order valence-corrected chi connectivity index (χ2v) is 5.91. The second kappa shape index (κ2) is 5.41. The first kappa shape index (κ1) is 13.6. The van der Waals surface area contributed by atoms with E-state index in [1.807, 2.05) is 12.4 Å². The minimum absolute atomic E-state index is 0.333. The number of imidazole rings is 1. The molecule has 4 nitrogen and oxygen atoms in total. The highest BCUT2D eigenvalue weighted by Gasteiger charge is 2.37. The van der Waals surface area contributed by atoms with Crippen LogP contribution >= 0.6 is 0 Å². The van der Waals surface area contributed by atoms with E-state index in [4.69, 9.17) is 4.74 Å². The molecule has 0 aliphatic carbocycles. The Hall–Kier alpha value is -0.870. The molecule has 0 radical (unpaired) electrons. The Bertz CT molecular complexity index is 386. The zero-order valence-electron chi connectivity index (χ0n) is 12.1. The van der Waals surface area contributed by atoms with Gasteiger partial charge in [-0.25, -0.2) is 4.98 Å². The standard InChI is InChI=1S/C14H25N3O/c1-10(2)12-8-18-9-17(12)13(11(3)4)14-15-6-7-16(14)5/h6-7,10-13H,8-9H2,1-5H3/t12-,13-/m1/s1. The number of ether oxygens (including phenoxy) is 1. The fourth-order valence-corrected chi connectivity index (χ4v) is 2.82. The minimum atomic E-state index is 0.333. The van der Waals surface area contributed by atoms with Gasteiger partial charge in [0.25, 0.3) is 0 Å². The Morgan fingerprint density at radius 1 is 1.33 bits per heavy atom. The SMILES string of the molecule is CC(C)[C@H]1COCN1[C@@H](c1nccn1C)C(C)C. The molecule has 1 aromatic rings. The number of hydrogen-bond acceptors (Lipinski definition) is 3. The molecule has 1 aliphatic heterocycles.